The van der Waals surface area contributed by atoms with Crippen LogP contribution >= 0.6 is 0 Å². The van der Waals surface area contributed by atoms with Crippen molar-refractivity contribution in [3.05, 3.63) is 53.5 Å². The van der Waals surface area contributed by atoms with Crippen molar-refractivity contribution in [2.75, 3.05) is 38.7 Å². The smallest absolute Gasteiger partial charge is 0.165 e. The maximum atomic E-state index is 13.7. The summed E-state index contributed by atoms with van der Waals surface area (Å²) in [7, 11) is 1.49. The summed E-state index contributed by atoms with van der Waals surface area (Å²) in [6, 6.07) is 9.85. The molecule has 1 aliphatic rings. The lowest BCUT2D eigenvalue weighted by molar-refractivity contribution is 0.286. The predicted octanol–water partition coefficient (Wildman–Crippen LogP) is 3.60. The van der Waals surface area contributed by atoms with Gasteiger partial charge in [-0.2, -0.15) is 0 Å². The highest BCUT2D eigenvalue weighted by molar-refractivity contribution is 5.36. The molecule has 6 nitrogen and oxygen atoms in total. The Morgan fingerprint density at radius 2 is 2.06 bits per heavy atom. The number of benzene rings is 1. The van der Waals surface area contributed by atoms with E-state index in [1.165, 1.54) is 18.7 Å². The summed E-state index contributed by atoms with van der Waals surface area (Å²) in [5, 5.41) is 19.1. The van der Waals surface area contributed by atoms with E-state index < -0.39 is 0 Å². The van der Waals surface area contributed by atoms with Crippen molar-refractivity contribution < 1.29 is 14.2 Å². The lowest BCUT2D eigenvalue weighted by atomic mass is 9.99. The van der Waals surface area contributed by atoms with Gasteiger partial charge in [-0.25, -0.2) is 9.37 Å². The number of rotatable bonds is 12. The minimum atomic E-state index is -0.331. The zero-order chi connectivity index (χ0) is 22.1. The monoisotopic (exact) mass is 430 g/mol. The lowest BCUT2D eigenvalue weighted by Crippen LogP contribution is -2.29. The molecule has 1 fully saturated rings. The van der Waals surface area contributed by atoms with Gasteiger partial charge in [-0.3, -0.25) is 0 Å². The summed E-state index contributed by atoms with van der Waals surface area (Å²) >= 11 is 0. The number of halogens is 1. The summed E-state index contributed by atoms with van der Waals surface area (Å²) in [4.78, 5) is 4.57. The Balaban J connectivity index is 1.45. The number of hydrogen-bond donors (Lipinski definition) is 4. The topological polar surface area (TPSA) is 78.4 Å². The molecule has 1 heterocycles. The summed E-state index contributed by atoms with van der Waals surface area (Å²) in [6.07, 6.45) is 6.10. The second-order valence-electron chi connectivity index (χ2n) is 8.22. The summed E-state index contributed by atoms with van der Waals surface area (Å²) in [6.45, 7) is 4.81. The van der Waals surface area contributed by atoms with Gasteiger partial charge in [0.15, 0.2) is 11.6 Å². The van der Waals surface area contributed by atoms with E-state index in [1.54, 1.807) is 6.07 Å². The van der Waals surface area contributed by atoms with Crippen LogP contribution in [0.1, 0.15) is 55.7 Å². The molecule has 0 amide bonds. The number of nitrogens with one attached hydrogen (secondary N) is 3. The van der Waals surface area contributed by atoms with E-state index in [1.807, 2.05) is 12.3 Å². The van der Waals surface area contributed by atoms with Crippen LogP contribution in [0.4, 0.5) is 10.2 Å². The van der Waals surface area contributed by atoms with Crippen LogP contribution in [0, 0.1) is 5.82 Å². The van der Waals surface area contributed by atoms with Gasteiger partial charge in [-0.05, 0) is 74.4 Å². The highest BCUT2D eigenvalue weighted by Crippen LogP contribution is 2.35. The summed E-state index contributed by atoms with van der Waals surface area (Å²) < 4.78 is 18.8. The van der Waals surface area contributed by atoms with E-state index in [0.717, 1.165) is 56.7 Å². The Morgan fingerprint density at radius 3 is 2.81 bits per heavy atom. The molecule has 1 aliphatic carbocycles. The largest absolute Gasteiger partial charge is 0.494 e. The van der Waals surface area contributed by atoms with E-state index in [9.17, 15) is 4.39 Å². The SMILES string of the molecule is COc1cc([C@@H](C)N[C@H]2CC[C@@H](c3ccc(NCCNCCCO)nc3)C2)ccc1F. The predicted molar refractivity (Wildman–Crippen MR) is 122 cm³/mol. The number of nitrogens with zero attached hydrogens (tertiary/aromatic N) is 1. The van der Waals surface area contributed by atoms with Crippen LogP contribution in [0.15, 0.2) is 36.5 Å². The number of pyridine rings is 1. The van der Waals surface area contributed by atoms with Gasteiger partial charge in [0.05, 0.1) is 7.11 Å². The van der Waals surface area contributed by atoms with Crippen molar-refractivity contribution in [1.82, 2.24) is 15.6 Å². The maximum Gasteiger partial charge on any atom is 0.165 e. The zero-order valence-electron chi connectivity index (χ0n) is 18.5. The highest BCUT2D eigenvalue weighted by Gasteiger charge is 2.27. The number of aromatic nitrogens is 1. The molecule has 1 saturated carbocycles. The van der Waals surface area contributed by atoms with E-state index >= 15 is 0 Å². The van der Waals surface area contributed by atoms with E-state index in [-0.39, 0.29) is 24.2 Å². The Hall–Kier alpha value is -2.22. The molecule has 3 rings (SSSR count). The third-order valence-corrected chi connectivity index (χ3v) is 5.97. The van der Waals surface area contributed by atoms with Crippen molar-refractivity contribution >= 4 is 5.82 Å². The minimum Gasteiger partial charge on any atom is -0.494 e. The first-order chi connectivity index (χ1) is 15.1. The number of methoxy groups -OCH3 is 1. The van der Waals surface area contributed by atoms with Crippen molar-refractivity contribution in [3.63, 3.8) is 0 Å². The van der Waals surface area contributed by atoms with Gasteiger partial charge in [0.1, 0.15) is 5.82 Å². The molecule has 0 unspecified atom stereocenters. The first kappa shape index (κ1) is 23.4. The van der Waals surface area contributed by atoms with Gasteiger partial charge in [0.2, 0.25) is 0 Å². The Morgan fingerprint density at radius 1 is 1.19 bits per heavy atom. The molecule has 31 heavy (non-hydrogen) atoms. The maximum absolute atomic E-state index is 13.7. The molecule has 0 aliphatic heterocycles. The first-order valence-corrected chi connectivity index (χ1v) is 11.2. The third kappa shape index (κ3) is 6.89. The van der Waals surface area contributed by atoms with Crippen LogP contribution in [0.3, 0.4) is 0 Å². The van der Waals surface area contributed by atoms with Crippen molar-refractivity contribution in [2.45, 2.75) is 50.6 Å². The molecule has 0 saturated heterocycles. The van der Waals surface area contributed by atoms with E-state index in [2.05, 4.69) is 40.0 Å². The minimum absolute atomic E-state index is 0.133. The number of aliphatic hydroxyl groups is 1. The third-order valence-electron chi connectivity index (χ3n) is 5.97. The number of aliphatic hydroxyl groups excluding tert-OH is 1. The summed E-state index contributed by atoms with van der Waals surface area (Å²) in [5.41, 5.74) is 2.32. The van der Waals surface area contributed by atoms with Crippen molar-refractivity contribution in [3.8, 4) is 5.75 Å². The molecule has 7 heteroatoms. The average molecular weight is 431 g/mol. The molecule has 4 N–H and O–H groups in total. The molecule has 0 radical (unpaired) electrons. The van der Waals surface area contributed by atoms with Crippen LogP contribution in [0.25, 0.3) is 0 Å². The molecule has 1 aromatic carbocycles. The van der Waals surface area contributed by atoms with E-state index in [0.29, 0.717) is 12.0 Å². The fourth-order valence-electron chi connectivity index (χ4n) is 4.19. The number of hydrogen-bond acceptors (Lipinski definition) is 6. The molecule has 1 aromatic heterocycles. The van der Waals surface area contributed by atoms with Crippen LogP contribution in [-0.2, 0) is 0 Å². The highest BCUT2D eigenvalue weighted by atomic mass is 19.1. The van der Waals surface area contributed by atoms with Crippen molar-refractivity contribution in [2.24, 2.45) is 0 Å². The van der Waals surface area contributed by atoms with Gasteiger partial charge in [-0.1, -0.05) is 12.1 Å². The van der Waals surface area contributed by atoms with Crippen LogP contribution in [0.2, 0.25) is 0 Å². The van der Waals surface area contributed by atoms with Gasteiger partial charge < -0.3 is 25.8 Å². The molecular weight excluding hydrogens is 395 g/mol. The number of anilines is 1. The Labute approximate surface area is 184 Å². The molecular formula is C24H35FN4O2. The molecule has 3 atom stereocenters. The summed E-state index contributed by atoms with van der Waals surface area (Å²) in [5.74, 6) is 1.35. The van der Waals surface area contributed by atoms with Crippen LogP contribution in [0.5, 0.6) is 5.75 Å². The van der Waals surface area contributed by atoms with Crippen LogP contribution < -0.4 is 20.7 Å². The normalized spacial score (nSPS) is 19.4. The fourth-order valence-corrected chi connectivity index (χ4v) is 4.19. The van der Waals surface area contributed by atoms with Crippen molar-refractivity contribution in [1.29, 1.82) is 0 Å². The van der Waals surface area contributed by atoms with Gasteiger partial charge in [-0.15, -0.1) is 0 Å². The zero-order valence-corrected chi connectivity index (χ0v) is 18.5. The van der Waals surface area contributed by atoms with Gasteiger partial charge >= 0.3 is 0 Å². The average Bonchev–Trinajstić information content (AvgIpc) is 3.25. The lowest BCUT2D eigenvalue weighted by Gasteiger charge is -2.21. The second-order valence-corrected chi connectivity index (χ2v) is 8.22. The van der Waals surface area contributed by atoms with Gasteiger partial charge in [0, 0.05) is 38.0 Å². The standard InChI is InChI=1S/C24H35FN4O2/c1-17(18-5-8-22(25)23(15-18)31-2)29-21-7-4-19(14-21)20-6-9-24(28-16-20)27-12-11-26-10-3-13-30/h5-6,8-9,15-17,19,21,26,29-30H,3-4,7,10-14H2,1-2H3,(H,27,28)/t17-,19-,21+/m1/s1. The Kier molecular flexibility index (Phi) is 9.06. The molecule has 170 valence electrons. The quantitative estimate of drug-likeness (QED) is 0.386. The second kappa shape index (κ2) is 12.0. The number of ether oxygens (including phenoxy) is 1. The first-order valence-electron chi connectivity index (χ1n) is 11.2. The molecule has 0 bridgehead atoms. The molecule has 2 aromatic rings. The van der Waals surface area contributed by atoms with Crippen LogP contribution in [-0.4, -0.2) is 49.5 Å². The van der Waals surface area contributed by atoms with Gasteiger partial charge in [0.25, 0.3) is 0 Å². The van der Waals surface area contributed by atoms with E-state index in [4.69, 9.17) is 9.84 Å². The fraction of sp³-hybridized carbons (Fsp3) is 0.542. The molecule has 0 spiro atoms. The Bertz CT molecular complexity index is 803.